The maximum absolute atomic E-state index is 12.8. The molecule has 3 aliphatic rings. The van der Waals surface area contributed by atoms with Crippen molar-refractivity contribution in [1.29, 1.82) is 0 Å². The SMILES string of the molecule is CC1CCC(N2CCN(c3ccc(S(=O)(=O)N4CCCCC4)cn3)CC2)CC1. The highest BCUT2D eigenvalue weighted by Gasteiger charge is 2.29. The van der Waals surface area contributed by atoms with Gasteiger partial charge in [-0.2, -0.15) is 4.31 Å². The van der Waals surface area contributed by atoms with Crippen LogP contribution in [0.5, 0.6) is 0 Å². The van der Waals surface area contributed by atoms with Gasteiger partial charge >= 0.3 is 0 Å². The van der Waals surface area contributed by atoms with Crippen LogP contribution >= 0.6 is 0 Å². The quantitative estimate of drug-likeness (QED) is 0.769. The molecule has 7 heteroatoms. The summed E-state index contributed by atoms with van der Waals surface area (Å²) in [5.74, 6) is 1.79. The molecule has 0 N–H and O–H groups in total. The van der Waals surface area contributed by atoms with Crippen molar-refractivity contribution in [1.82, 2.24) is 14.2 Å². The summed E-state index contributed by atoms with van der Waals surface area (Å²) in [5, 5.41) is 0. The second-order valence-corrected chi connectivity index (χ2v) is 10.7. The third kappa shape index (κ3) is 4.36. The maximum Gasteiger partial charge on any atom is 0.244 e. The predicted molar refractivity (Wildman–Crippen MR) is 112 cm³/mol. The van der Waals surface area contributed by atoms with Crippen LogP contribution in [0.15, 0.2) is 23.2 Å². The van der Waals surface area contributed by atoms with Gasteiger partial charge < -0.3 is 4.90 Å². The van der Waals surface area contributed by atoms with Gasteiger partial charge in [0.1, 0.15) is 10.7 Å². The predicted octanol–water partition coefficient (Wildman–Crippen LogP) is 2.96. The topological polar surface area (TPSA) is 56.8 Å². The molecule has 1 aromatic rings. The number of hydrogen-bond acceptors (Lipinski definition) is 5. The van der Waals surface area contributed by atoms with Gasteiger partial charge in [-0.25, -0.2) is 13.4 Å². The minimum Gasteiger partial charge on any atom is -0.354 e. The van der Waals surface area contributed by atoms with E-state index in [1.165, 1.54) is 25.7 Å². The van der Waals surface area contributed by atoms with Gasteiger partial charge in [0.05, 0.1) is 0 Å². The number of piperidine rings is 1. The number of pyridine rings is 1. The van der Waals surface area contributed by atoms with Crippen molar-refractivity contribution >= 4 is 15.8 Å². The summed E-state index contributed by atoms with van der Waals surface area (Å²) < 4.78 is 27.2. The number of rotatable bonds is 4. The fourth-order valence-electron chi connectivity index (χ4n) is 4.89. The average molecular weight is 407 g/mol. The summed E-state index contributed by atoms with van der Waals surface area (Å²) in [6.45, 7) is 7.73. The summed E-state index contributed by atoms with van der Waals surface area (Å²) in [6.07, 6.45) is 9.97. The van der Waals surface area contributed by atoms with Crippen molar-refractivity contribution in [2.75, 3.05) is 44.2 Å². The molecule has 3 fully saturated rings. The van der Waals surface area contributed by atoms with E-state index < -0.39 is 10.0 Å². The molecule has 0 unspecified atom stereocenters. The van der Waals surface area contributed by atoms with Crippen molar-refractivity contribution in [3.05, 3.63) is 18.3 Å². The van der Waals surface area contributed by atoms with E-state index in [0.29, 0.717) is 18.0 Å². The standard InChI is InChI=1S/C21H34N4O2S/c1-18-5-7-19(8-6-18)23-13-15-24(16-14-23)21-10-9-20(17-22-21)28(26,27)25-11-3-2-4-12-25/h9-10,17-19H,2-8,11-16H2,1H3. The Labute approximate surface area is 170 Å². The van der Waals surface area contributed by atoms with Crippen LogP contribution < -0.4 is 4.90 Å². The molecule has 0 bridgehead atoms. The Hall–Kier alpha value is -1.18. The molecule has 0 spiro atoms. The van der Waals surface area contributed by atoms with Crippen molar-refractivity contribution in [3.8, 4) is 0 Å². The number of aromatic nitrogens is 1. The lowest BCUT2D eigenvalue weighted by atomic mass is 9.86. The molecule has 28 heavy (non-hydrogen) atoms. The van der Waals surface area contributed by atoms with Crippen LogP contribution in [0.4, 0.5) is 5.82 Å². The monoisotopic (exact) mass is 406 g/mol. The molecule has 0 radical (unpaired) electrons. The van der Waals surface area contributed by atoms with E-state index >= 15 is 0 Å². The fourth-order valence-corrected chi connectivity index (χ4v) is 6.35. The zero-order valence-electron chi connectivity index (χ0n) is 17.1. The molecule has 3 heterocycles. The Balaban J connectivity index is 1.34. The van der Waals surface area contributed by atoms with Gasteiger partial charge in [0.2, 0.25) is 10.0 Å². The number of hydrogen-bond donors (Lipinski definition) is 0. The highest BCUT2D eigenvalue weighted by atomic mass is 32.2. The summed E-state index contributed by atoms with van der Waals surface area (Å²) in [7, 11) is -3.39. The van der Waals surface area contributed by atoms with Gasteiger partial charge in [0, 0.05) is 51.5 Å². The Morgan fingerprint density at radius 2 is 1.57 bits per heavy atom. The minimum absolute atomic E-state index is 0.327. The van der Waals surface area contributed by atoms with E-state index in [4.69, 9.17) is 0 Å². The number of anilines is 1. The molecule has 0 atom stereocenters. The normalized spacial score (nSPS) is 28.4. The van der Waals surface area contributed by atoms with E-state index in [1.54, 1.807) is 16.6 Å². The first-order valence-electron chi connectivity index (χ1n) is 11.0. The molecule has 6 nitrogen and oxygen atoms in total. The molecule has 0 aromatic carbocycles. The lowest BCUT2D eigenvalue weighted by molar-refractivity contribution is 0.132. The van der Waals surface area contributed by atoms with Crippen molar-refractivity contribution in [2.45, 2.75) is 62.8 Å². The molecule has 156 valence electrons. The molecule has 1 aromatic heterocycles. The first kappa shape index (κ1) is 20.1. The van der Waals surface area contributed by atoms with E-state index in [2.05, 4.69) is 21.7 Å². The number of sulfonamides is 1. The van der Waals surface area contributed by atoms with E-state index in [1.807, 2.05) is 6.07 Å². The number of piperazine rings is 1. The van der Waals surface area contributed by atoms with E-state index in [9.17, 15) is 8.42 Å². The number of nitrogens with zero attached hydrogens (tertiary/aromatic N) is 4. The molecule has 1 aliphatic carbocycles. The minimum atomic E-state index is -3.39. The summed E-state index contributed by atoms with van der Waals surface area (Å²) in [6, 6.07) is 4.37. The molecule has 4 rings (SSSR count). The summed E-state index contributed by atoms with van der Waals surface area (Å²) >= 11 is 0. The van der Waals surface area contributed by atoms with Crippen LogP contribution in [0.25, 0.3) is 0 Å². The molecular weight excluding hydrogens is 372 g/mol. The summed E-state index contributed by atoms with van der Waals surface area (Å²) in [4.78, 5) is 9.78. The van der Waals surface area contributed by atoms with E-state index in [0.717, 1.165) is 63.2 Å². The maximum atomic E-state index is 12.8. The average Bonchev–Trinajstić information content (AvgIpc) is 2.75. The zero-order valence-corrected chi connectivity index (χ0v) is 17.9. The molecular formula is C21H34N4O2S. The molecule has 1 saturated carbocycles. The van der Waals surface area contributed by atoms with Crippen LogP contribution in [0.3, 0.4) is 0 Å². The Bertz CT molecular complexity index is 730. The summed E-state index contributed by atoms with van der Waals surface area (Å²) in [5.41, 5.74) is 0. The zero-order chi connectivity index (χ0) is 19.6. The lowest BCUT2D eigenvalue weighted by Gasteiger charge is -2.42. The molecule has 0 amide bonds. The van der Waals surface area contributed by atoms with Crippen LogP contribution in [-0.4, -0.2) is 67.9 Å². The van der Waals surface area contributed by atoms with Gasteiger partial charge in [-0.15, -0.1) is 0 Å². The highest BCUT2D eigenvalue weighted by Crippen LogP contribution is 2.28. The second kappa shape index (κ2) is 8.67. The van der Waals surface area contributed by atoms with Crippen molar-refractivity contribution < 1.29 is 8.42 Å². The van der Waals surface area contributed by atoms with E-state index in [-0.39, 0.29) is 0 Å². The van der Waals surface area contributed by atoms with Crippen LogP contribution in [0, 0.1) is 5.92 Å². The molecule has 2 aliphatic heterocycles. The van der Waals surface area contributed by atoms with Crippen LogP contribution in [0.1, 0.15) is 51.9 Å². The van der Waals surface area contributed by atoms with Crippen molar-refractivity contribution in [2.24, 2.45) is 5.92 Å². The van der Waals surface area contributed by atoms with Crippen LogP contribution in [0.2, 0.25) is 0 Å². The fraction of sp³-hybridized carbons (Fsp3) is 0.762. The van der Waals surface area contributed by atoms with Gasteiger partial charge in [0.25, 0.3) is 0 Å². The lowest BCUT2D eigenvalue weighted by Crippen LogP contribution is -2.51. The Morgan fingerprint density at radius 3 is 2.18 bits per heavy atom. The first-order chi connectivity index (χ1) is 13.5. The third-order valence-corrected chi connectivity index (χ3v) is 8.70. The smallest absolute Gasteiger partial charge is 0.244 e. The van der Waals surface area contributed by atoms with Gasteiger partial charge in [-0.05, 0) is 56.6 Å². The highest BCUT2D eigenvalue weighted by molar-refractivity contribution is 7.89. The van der Waals surface area contributed by atoms with Gasteiger partial charge in [-0.3, -0.25) is 4.90 Å². The van der Waals surface area contributed by atoms with Gasteiger partial charge in [-0.1, -0.05) is 13.3 Å². The Morgan fingerprint density at radius 1 is 0.893 bits per heavy atom. The Kier molecular flexibility index (Phi) is 6.23. The first-order valence-corrected chi connectivity index (χ1v) is 12.4. The van der Waals surface area contributed by atoms with Crippen LogP contribution in [-0.2, 0) is 10.0 Å². The van der Waals surface area contributed by atoms with Gasteiger partial charge in [0.15, 0.2) is 0 Å². The molecule has 2 saturated heterocycles. The second-order valence-electron chi connectivity index (χ2n) is 8.75. The largest absolute Gasteiger partial charge is 0.354 e. The van der Waals surface area contributed by atoms with Crippen molar-refractivity contribution in [3.63, 3.8) is 0 Å². The third-order valence-electron chi connectivity index (χ3n) is 6.81.